The molecular formula is C38H38N8O9. The van der Waals surface area contributed by atoms with Crippen molar-refractivity contribution in [3.05, 3.63) is 139 Å². The number of H-pyrrole nitrogens is 1. The van der Waals surface area contributed by atoms with E-state index in [4.69, 9.17) is 0 Å². The normalized spacial score (nSPS) is 17.5. The maximum Gasteiger partial charge on any atom is 0.336 e. The van der Waals surface area contributed by atoms with Crippen LogP contribution in [0.4, 0.5) is 9.59 Å². The van der Waals surface area contributed by atoms with Crippen LogP contribution in [0, 0.1) is 11.8 Å². The van der Waals surface area contributed by atoms with Gasteiger partial charge in [0, 0.05) is 39.3 Å². The smallest absolute Gasteiger partial charge is 0.298 e. The van der Waals surface area contributed by atoms with Crippen LogP contribution in [0.1, 0.15) is 16.7 Å². The van der Waals surface area contributed by atoms with Crippen molar-refractivity contribution in [2.75, 3.05) is 32.7 Å². The van der Waals surface area contributed by atoms with Crippen LogP contribution in [-0.4, -0.2) is 97.2 Å². The average Bonchev–Trinajstić information content (AvgIpc) is 3.17. The zero-order valence-electron chi connectivity index (χ0n) is 29.6. The monoisotopic (exact) mass is 750 g/mol. The third kappa shape index (κ3) is 8.90. The van der Waals surface area contributed by atoms with Crippen molar-refractivity contribution in [1.29, 1.82) is 0 Å². The van der Waals surface area contributed by atoms with E-state index in [1.54, 1.807) is 95.9 Å². The summed E-state index contributed by atoms with van der Waals surface area (Å²) in [6.07, 6.45) is 0.108. The minimum absolute atomic E-state index is 0.0540. The van der Waals surface area contributed by atoms with E-state index in [1.807, 2.05) is 0 Å². The van der Waals surface area contributed by atoms with Gasteiger partial charge in [-0.2, -0.15) is 0 Å². The maximum atomic E-state index is 13.5. The molecule has 17 heteroatoms. The molecule has 3 heterocycles. The Hall–Kier alpha value is -6.75. The number of carbonyl (C=O) groups is 6. The van der Waals surface area contributed by atoms with Gasteiger partial charge in [0.05, 0.1) is 6.54 Å². The first-order valence-corrected chi connectivity index (χ1v) is 17.6. The summed E-state index contributed by atoms with van der Waals surface area (Å²) >= 11 is 0. The second-order valence-electron chi connectivity index (χ2n) is 13.1. The lowest BCUT2D eigenvalue weighted by molar-refractivity contribution is -0.144. The number of barbiturate groups is 2. The molecule has 2 atom stereocenters. The Morgan fingerprint density at radius 1 is 0.491 bits per heavy atom. The molecule has 0 saturated carbocycles. The van der Waals surface area contributed by atoms with Gasteiger partial charge in [0.25, 0.3) is 0 Å². The van der Waals surface area contributed by atoms with Gasteiger partial charge in [0.2, 0.25) is 23.6 Å². The van der Waals surface area contributed by atoms with Crippen molar-refractivity contribution >= 4 is 35.7 Å². The van der Waals surface area contributed by atoms with Crippen molar-refractivity contribution in [2.45, 2.75) is 25.9 Å². The van der Waals surface area contributed by atoms with Crippen LogP contribution < -0.4 is 27.7 Å². The molecule has 1 aromatic heterocycles. The third-order valence-corrected chi connectivity index (χ3v) is 9.55. The molecular weight excluding hydrogens is 712 g/mol. The fourth-order valence-corrected chi connectivity index (χ4v) is 6.51. The van der Waals surface area contributed by atoms with Crippen LogP contribution in [0.5, 0.6) is 0 Å². The Kier molecular flexibility index (Phi) is 11.7. The Balaban J connectivity index is 1.21. The molecule has 17 nitrogen and oxygen atoms in total. The van der Waals surface area contributed by atoms with E-state index >= 15 is 0 Å². The molecule has 2 fully saturated rings. The van der Waals surface area contributed by atoms with Crippen molar-refractivity contribution in [1.82, 2.24) is 39.5 Å². The minimum Gasteiger partial charge on any atom is -0.298 e. The van der Waals surface area contributed by atoms with Gasteiger partial charge in [-0.1, -0.05) is 91.0 Å². The number of nitrogens with one attached hydrogen (secondary N) is 3. The molecule has 3 aromatic carbocycles. The number of hydrogen-bond donors (Lipinski definition) is 3. The van der Waals surface area contributed by atoms with Crippen molar-refractivity contribution in [3.8, 4) is 0 Å². The Morgan fingerprint density at radius 3 is 1.35 bits per heavy atom. The number of urea groups is 2. The van der Waals surface area contributed by atoms with Gasteiger partial charge in [-0.05, 0) is 29.5 Å². The van der Waals surface area contributed by atoms with Crippen molar-refractivity contribution in [3.63, 3.8) is 0 Å². The largest absolute Gasteiger partial charge is 0.336 e. The maximum absolute atomic E-state index is 13.5. The van der Waals surface area contributed by atoms with Crippen LogP contribution >= 0.6 is 0 Å². The van der Waals surface area contributed by atoms with Gasteiger partial charge in [0.1, 0.15) is 11.8 Å². The second kappa shape index (κ2) is 16.9. The molecule has 2 saturated heterocycles. The Bertz CT molecular complexity index is 2180. The number of rotatable bonds is 15. The number of aromatic amines is 1. The molecule has 0 bridgehead atoms. The molecule has 2 aliphatic heterocycles. The van der Waals surface area contributed by atoms with E-state index in [2.05, 4.69) is 15.6 Å². The number of carbonyl (C=O) groups excluding carboxylic acids is 6. The Labute approximate surface area is 313 Å². The van der Waals surface area contributed by atoms with Gasteiger partial charge in [0.15, 0.2) is 0 Å². The predicted octanol–water partition coefficient (Wildman–Crippen LogP) is -0.0768. The summed E-state index contributed by atoms with van der Waals surface area (Å²) in [6.45, 7) is -1.08. The van der Waals surface area contributed by atoms with Gasteiger partial charge >= 0.3 is 29.1 Å². The minimum atomic E-state index is -1.18. The van der Waals surface area contributed by atoms with Crippen LogP contribution in [0.3, 0.4) is 0 Å². The zero-order valence-corrected chi connectivity index (χ0v) is 29.6. The average molecular weight is 751 g/mol. The molecule has 6 rings (SSSR count). The standard InChI is InChI=1S/C38H38N8O9/c47-30-28(22-25-10-4-1-5-11-25)32(49)43(34(51)39-30)19-16-42(17-20-44-33(50)29(31(48)40-35(44)52)23-26-12-6-2-7-13-26)18-21-45-36(53)41-37(54)46(38(45)55)24-27-14-8-3-9-15-27/h1-15,28-29H,16-24H2,(H,39,47,51)(H,40,48,52)(H,41,53,54). The molecule has 2 aliphatic rings. The summed E-state index contributed by atoms with van der Waals surface area (Å²) in [7, 11) is 0. The van der Waals surface area contributed by atoms with Crippen LogP contribution in [0.2, 0.25) is 0 Å². The van der Waals surface area contributed by atoms with Gasteiger partial charge in [-0.15, -0.1) is 0 Å². The topological polar surface area (TPSA) is 213 Å². The molecule has 0 spiro atoms. The van der Waals surface area contributed by atoms with Gasteiger partial charge in [-0.25, -0.2) is 33.1 Å². The highest BCUT2D eigenvalue weighted by Gasteiger charge is 2.42. The summed E-state index contributed by atoms with van der Waals surface area (Å²) in [5, 5.41) is 4.46. The lowest BCUT2D eigenvalue weighted by Gasteiger charge is -2.34. The third-order valence-electron chi connectivity index (χ3n) is 9.55. The van der Waals surface area contributed by atoms with Crippen LogP contribution in [0.25, 0.3) is 0 Å². The number of imide groups is 4. The molecule has 0 aliphatic carbocycles. The molecule has 0 radical (unpaired) electrons. The van der Waals surface area contributed by atoms with Crippen LogP contribution in [0.15, 0.2) is 105 Å². The highest BCUT2D eigenvalue weighted by molar-refractivity contribution is 6.17. The summed E-state index contributed by atoms with van der Waals surface area (Å²) < 4.78 is 1.71. The highest BCUT2D eigenvalue weighted by atomic mass is 16.2. The van der Waals surface area contributed by atoms with E-state index in [0.717, 1.165) is 18.9 Å². The fraction of sp³-hybridized carbons (Fsp3) is 0.289. The lowest BCUT2D eigenvalue weighted by Crippen LogP contribution is -2.60. The van der Waals surface area contributed by atoms with E-state index in [9.17, 15) is 43.2 Å². The lowest BCUT2D eigenvalue weighted by atomic mass is 9.95. The zero-order chi connectivity index (χ0) is 39.1. The summed E-state index contributed by atoms with van der Waals surface area (Å²) in [5.41, 5.74) is -0.660. The van der Waals surface area contributed by atoms with Crippen molar-refractivity contribution < 1.29 is 28.8 Å². The molecule has 2 unspecified atom stereocenters. The number of amides is 8. The van der Waals surface area contributed by atoms with Gasteiger partial charge in [-0.3, -0.25) is 49.5 Å². The fourth-order valence-electron chi connectivity index (χ4n) is 6.51. The Morgan fingerprint density at radius 2 is 0.891 bits per heavy atom. The second-order valence-corrected chi connectivity index (χ2v) is 13.1. The number of hydrogen-bond acceptors (Lipinski definition) is 10. The summed E-state index contributed by atoms with van der Waals surface area (Å²) in [6, 6.07) is 24.5. The number of benzene rings is 3. The molecule has 55 heavy (non-hydrogen) atoms. The first-order valence-electron chi connectivity index (χ1n) is 17.6. The highest BCUT2D eigenvalue weighted by Crippen LogP contribution is 2.18. The van der Waals surface area contributed by atoms with Crippen LogP contribution in [-0.2, 0) is 45.1 Å². The van der Waals surface area contributed by atoms with E-state index in [-0.39, 0.29) is 58.7 Å². The van der Waals surface area contributed by atoms with Crippen molar-refractivity contribution in [2.24, 2.45) is 11.8 Å². The first-order chi connectivity index (χ1) is 26.5. The van der Waals surface area contributed by atoms with Gasteiger partial charge < -0.3 is 0 Å². The quantitative estimate of drug-likeness (QED) is 0.138. The molecule has 4 aromatic rings. The van der Waals surface area contributed by atoms with E-state index < -0.39 is 64.6 Å². The predicted molar refractivity (Wildman–Crippen MR) is 195 cm³/mol. The molecule has 284 valence electrons. The number of aromatic nitrogens is 3. The summed E-state index contributed by atoms with van der Waals surface area (Å²) in [5.74, 6) is -5.25. The first kappa shape index (κ1) is 38.0. The number of nitrogens with zero attached hydrogens (tertiary/aromatic N) is 5. The molecule has 3 N–H and O–H groups in total. The SMILES string of the molecule is O=C1NC(=O)N(CCN(CCN2C(=O)NC(=O)C(Cc3ccccc3)C2=O)CCn2c(=O)[nH]c(=O)n(Cc3ccccc3)c2=O)C(=O)C1Cc1ccccc1. The van der Waals surface area contributed by atoms with E-state index in [1.165, 1.54) is 0 Å². The summed E-state index contributed by atoms with van der Waals surface area (Å²) in [4.78, 5) is 123. The molecule has 8 amide bonds. The van der Waals surface area contributed by atoms with E-state index in [0.29, 0.717) is 16.7 Å².